The van der Waals surface area contributed by atoms with E-state index in [2.05, 4.69) is 34.5 Å². The number of rotatable bonds is 10. The Labute approximate surface area is 120 Å². The molecule has 0 spiro atoms. The van der Waals surface area contributed by atoms with E-state index in [1.54, 1.807) is 0 Å². The lowest BCUT2D eigenvalue weighted by Crippen LogP contribution is -2.36. The molecule has 18 heavy (non-hydrogen) atoms. The van der Waals surface area contributed by atoms with E-state index in [1.165, 1.54) is 0 Å². The molecule has 0 aromatic heterocycles. The Hall–Kier alpha value is 0.350. The summed E-state index contributed by atoms with van der Waals surface area (Å²) in [5.74, 6) is 0.0275. The molecule has 0 atom stereocenters. The topological polar surface area (TPSA) is 55.4 Å². The van der Waals surface area contributed by atoms with Crippen molar-refractivity contribution in [2.75, 3.05) is 24.2 Å². The van der Waals surface area contributed by atoms with Crippen LogP contribution in [0.1, 0.15) is 40.5 Å². The van der Waals surface area contributed by atoms with Gasteiger partial charge in [0.2, 0.25) is 10.0 Å². The molecule has 110 valence electrons. The van der Waals surface area contributed by atoms with Gasteiger partial charge in [0.15, 0.2) is 0 Å². The van der Waals surface area contributed by atoms with Crippen molar-refractivity contribution in [2.24, 2.45) is 5.41 Å². The van der Waals surface area contributed by atoms with Gasteiger partial charge in [-0.25, -0.2) is 13.1 Å². The molecule has 0 unspecified atom stereocenters. The van der Waals surface area contributed by atoms with Crippen molar-refractivity contribution >= 4 is 26.0 Å². The Morgan fingerprint density at radius 1 is 1.33 bits per heavy atom. The van der Waals surface area contributed by atoms with Gasteiger partial charge in [0.25, 0.3) is 0 Å². The van der Waals surface area contributed by atoms with E-state index in [9.17, 15) is 8.42 Å². The van der Waals surface area contributed by atoms with Crippen LogP contribution in [0.15, 0.2) is 0 Å². The first-order valence-corrected chi connectivity index (χ1v) is 9.11. The van der Waals surface area contributed by atoms with Crippen LogP contribution in [0.4, 0.5) is 0 Å². The standard InChI is InChI=1S/C12H26BrNO3S/c1-11(2)17-8-9-18(15,16)14-10-12(3,4)6-5-7-13/h11,14H,5-10H2,1-4H3. The number of hydrogen-bond donors (Lipinski definition) is 1. The van der Waals surface area contributed by atoms with E-state index >= 15 is 0 Å². The summed E-state index contributed by atoms with van der Waals surface area (Å²) in [6, 6.07) is 0. The van der Waals surface area contributed by atoms with Crippen molar-refractivity contribution in [2.45, 2.75) is 46.6 Å². The van der Waals surface area contributed by atoms with Crippen molar-refractivity contribution in [3.8, 4) is 0 Å². The Morgan fingerprint density at radius 3 is 2.44 bits per heavy atom. The van der Waals surface area contributed by atoms with E-state index < -0.39 is 10.0 Å². The summed E-state index contributed by atoms with van der Waals surface area (Å²) < 4.78 is 31.4. The van der Waals surface area contributed by atoms with Crippen molar-refractivity contribution in [1.82, 2.24) is 4.72 Å². The number of hydrogen-bond acceptors (Lipinski definition) is 3. The van der Waals surface area contributed by atoms with Gasteiger partial charge in [-0.3, -0.25) is 0 Å². The third-order valence-corrected chi connectivity index (χ3v) is 4.41. The van der Waals surface area contributed by atoms with Gasteiger partial charge in [0.05, 0.1) is 18.5 Å². The maximum Gasteiger partial charge on any atom is 0.213 e. The van der Waals surface area contributed by atoms with Gasteiger partial charge in [0.1, 0.15) is 0 Å². The minimum absolute atomic E-state index is 0.0141. The molecule has 0 aliphatic carbocycles. The van der Waals surface area contributed by atoms with Crippen molar-refractivity contribution < 1.29 is 13.2 Å². The van der Waals surface area contributed by atoms with Crippen LogP contribution >= 0.6 is 15.9 Å². The first-order valence-electron chi connectivity index (χ1n) is 6.33. The Morgan fingerprint density at radius 2 is 1.94 bits per heavy atom. The molecule has 0 saturated carbocycles. The summed E-state index contributed by atoms with van der Waals surface area (Å²) in [6.45, 7) is 8.65. The highest BCUT2D eigenvalue weighted by Crippen LogP contribution is 2.21. The molecule has 1 N–H and O–H groups in total. The fourth-order valence-corrected chi connectivity index (χ4v) is 2.76. The predicted octanol–water partition coefficient (Wildman–Crippen LogP) is 2.53. The van der Waals surface area contributed by atoms with Crippen molar-refractivity contribution in [3.05, 3.63) is 0 Å². The van der Waals surface area contributed by atoms with Gasteiger partial charge < -0.3 is 4.74 Å². The van der Waals surface area contributed by atoms with Gasteiger partial charge in [-0.05, 0) is 32.1 Å². The molecule has 6 heteroatoms. The molecule has 0 bridgehead atoms. The normalized spacial score (nSPS) is 13.2. The molecule has 0 aliphatic heterocycles. The third-order valence-electron chi connectivity index (χ3n) is 2.56. The Kier molecular flexibility index (Phi) is 8.67. The molecule has 4 nitrogen and oxygen atoms in total. The summed E-state index contributed by atoms with van der Waals surface area (Å²) in [5, 5.41) is 0.950. The van der Waals surface area contributed by atoms with Gasteiger partial charge in [-0.15, -0.1) is 0 Å². The number of alkyl halides is 1. The molecular formula is C12H26BrNO3S. The lowest BCUT2D eigenvalue weighted by Gasteiger charge is -2.24. The van der Waals surface area contributed by atoms with E-state index in [4.69, 9.17) is 4.74 Å². The zero-order valence-electron chi connectivity index (χ0n) is 11.8. The fourth-order valence-electron chi connectivity index (χ4n) is 1.40. The van der Waals surface area contributed by atoms with Crippen LogP contribution in [0.5, 0.6) is 0 Å². The summed E-state index contributed by atoms with van der Waals surface area (Å²) in [5.41, 5.74) is -0.0141. The molecule has 0 heterocycles. The minimum Gasteiger partial charge on any atom is -0.378 e. The quantitative estimate of drug-likeness (QED) is 0.620. The highest BCUT2D eigenvalue weighted by molar-refractivity contribution is 9.09. The lowest BCUT2D eigenvalue weighted by atomic mass is 9.88. The first kappa shape index (κ1) is 18.4. The maximum absolute atomic E-state index is 11.7. The molecule has 0 aromatic carbocycles. The van der Waals surface area contributed by atoms with Crippen molar-refractivity contribution in [1.29, 1.82) is 0 Å². The second kappa shape index (κ2) is 8.51. The van der Waals surface area contributed by atoms with Crippen LogP contribution < -0.4 is 4.72 Å². The number of halogens is 1. The van der Waals surface area contributed by atoms with Crippen LogP contribution in [-0.2, 0) is 14.8 Å². The van der Waals surface area contributed by atoms with Crippen molar-refractivity contribution in [3.63, 3.8) is 0 Å². The summed E-state index contributed by atoms with van der Waals surface area (Å²) >= 11 is 3.39. The molecular weight excluding hydrogens is 318 g/mol. The Bertz CT molecular complexity index is 315. The second-order valence-corrected chi connectivity index (χ2v) is 8.24. The predicted molar refractivity (Wildman–Crippen MR) is 79.7 cm³/mol. The van der Waals surface area contributed by atoms with Gasteiger partial charge in [-0.2, -0.15) is 0 Å². The number of sulfonamides is 1. The van der Waals surface area contributed by atoms with Gasteiger partial charge in [0, 0.05) is 11.9 Å². The molecule has 0 amide bonds. The van der Waals surface area contributed by atoms with E-state index in [-0.39, 0.29) is 23.9 Å². The zero-order chi connectivity index (χ0) is 14.2. The summed E-state index contributed by atoms with van der Waals surface area (Å²) in [6.07, 6.45) is 2.10. The lowest BCUT2D eigenvalue weighted by molar-refractivity contribution is 0.0911. The number of nitrogens with one attached hydrogen (secondary N) is 1. The zero-order valence-corrected chi connectivity index (χ0v) is 14.2. The van der Waals surface area contributed by atoms with Crippen LogP contribution in [0.3, 0.4) is 0 Å². The van der Waals surface area contributed by atoms with Crippen LogP contribution in [0.2, 0.25) is 0 Å². The molecule has 0 saturated heterocycles. The van der Waals surface area contributed by atoms with Crippen LogP contribution in [-0.4, -0.2) is 38.8 Å². The minimum atomic E-state index is -3.22. The smallest absolute Gasteiger partial charge is 0.213 e. The highest BCUT2D eigenvalue weighted by atomic mass is 79.9. The van der Waals surface area contributed by atoms with Crippen LogP contribution in [0, 0.1) is 5.41 Å². The second-order valence-electron chi connectivity index (χ2n) is 5.52. The largest absolute Gasteiger partial charge is 0.378 e. The fraction of sp³-hybridized carbons (Fsp3) is 1.00. The average molecular weight is 344 g/mol. The van der Waals surface area contributed by atoms with Gasteiger partial charge >= 0.3 is 0 Å². The van der Waals surface area contributed by atoms with Gasteiger partial charge in [-0.1, -0.05) is 29.8 Å². The Balaban J connectivity index is 4.02. The van der Waals surface area contributed by atoms with E-state index in [0.29, 0.717) is 6.54 Å². The maximum atomic E-state index is 11.7. The van der Waals surface area contributed by atoms with E-state index in [0.717, 1.165) is 18.2 Å². The third kappa shape index (κ3) is 10.3. The molecule has 0 fully saturated rings. The molecule has 0 rings (SSSR count). The number of ether oxygens (including phenoxy) is 1. The first-order chi connectivity index (χ1) is 8.18. The van der Waals surface area contributed by atoms with Crippen LogP contribution in [0.25, 0.3) is 0 Å². The SMILES string of the molecule is CC(C)OCCS(=O)(=O)NCC(C)(C)CCCBr. The summed E-state index contributed by atoms with van der Waals surface area (Å²) in [4.78, 5) is 0. The monoisotopic (exact) mass is 343 g/mol. The molecule has 0 aliphatic rings. The average Bonchev–Trinajstić information content (AvgIpc) is 2.23. The highest BCUT2D eigenvalue weighted by Gasteiger charge is 2.20. The molecule has 0 radical (unpaired) electrons. The molecule has 0 aromatic rings. The summed E-state index contributed by atoms with van der Waals surface area (Å²) in [7, 11) is -3.22. The van der Waals surface area contributed by atoms with E-state index in [1.807, 2.05) is 13.8 Å².